The summed E-state index contributed by atoms with van der Waals surface area (Å²) in [4.78, 5) is 8.72. The van der Waals surface area contributed by atoms with E-state index in [1.807, 2.05) is 24.3 Å². The van der Waals surface area contributed by atoms with E-state index < -0.39 is 0 Å². The van der Waals surface area contributed by atoms with Gasteiger partial charge in [0, 0.05) is 30.9 Å². The monoisotopic (exact) mass is 332 g/mol. The number of benzene rings is 1. The number of ether oxygens (including phenoxy) is 1. The molecule has 6 heteroatoms. The molecule has 1 aromatic carbocycles. The van der Waals surface area contributed by atoms with Gasteiger partial charge in [0.15, 0.2) is 0 Å². The lowest BCUT2D eigenvalue weighted by Gasteiger charge is -2.12. The lowest BCUT2D eigenvalue weighted by molar-refractivity contribution is 0.120. The predicted molar refractivity (Wildman–Crippen MR) is 93.1 cm³/mol. The Morgan fingerprint density at radius 2 is 2.22 bits per heavy atom. The van der Waals surface area contributed by atoms with Crippen molar-refractivity contribution in [1.82, 2.24) is 9.97 Å². The molecule has 2 N–H and O–H groups in total. The normalized spacial score (nSPS) is 17.2. The van der Waals surface area contributed by atoms with E-state index in [4.69, 9.17) is 16.3 Å². The van der Waals surface area contributed by atoms with Gasteiger partial charge in [0.1, 0.15) is 5.82 Å². The molecule has 0 bridgehead atoms. The first-order valence-electron chi connectivity index (χ1n) is 7.96. The van der Waals surface area contributed by atoms with Crippen LogP contribution in [0.15, 0.2) is 36.5 Å². The number of halogens is 1. The zero-order valence-electron chi connectivity index (χ0n) is 13.0. The molecule has 1 fully saturated rings. The van der Waals surface area contributed by atoms with Crippen molar-refractivity contribution in [2.45, 2.75) is 25.4 Å². The maximum absolute atomic E-state index is 5.99. The standard InChI is InChI=1S/C17H21ClN4O/c18-14-4-1-3-13(11-14)6-8-19-17-20-9-7-16(22-17)21-12-15-5-2-10-23-15/h1,3-4,7,9,11,15H,2,5-6,8,10,12H2,(H2,19,20,21,22). The van der Waals surface area contributed by atoms with E-state index in [1.165, 1.54) is 5.56 Å². The predicted octanol–water partition coefficient (Wildman–Crippen LogP) is 3.38. The molecule has 1 aliphatic heterocycles. The second kappa shape index (κ2) is 8.13. The summed E-state index contributed by atoms with van der Waals surface area (Å²) in [5.74, 6) is 1.45. The fraction of sp³-hybridized carbons (Fsp3) is 0.412. The second-order valence-corrected chi connectivity index (χ2v) is 6.02. The number of nitrogens with zero attached hydrogens (tertiary/aromatic N) is 2. The van der Waals surface area contributed by atoms with Gasteiger partial charge in [-0.2, -0.15) is 4.98 Å². The van der Waals surface area contributed by atoms with Gasteiger partial charge in [-0.05, 0) is 43.0 Å². The molecule has 0 amide bonds. The molecule has 1 atom stereocenters. The Balaban J connectivity index is 1.47. The highest BCUT2D eigenvalue weighted by Crippen LogP contribution is 2.14. The van der Waals surface area contributed by atoms with Crippen LogP contribution in [0, 0.1) is 0 Å². The van der Waals surface area contributed by atoms with Crippen LogP contribution >= 0.6 is 11.6 Å². The van der Waals surface area contributed by atoms with Crippen LogP contribution in [0.25, 0.3) is 0 Å². The lowest BCUT2D eigenvalue weighted by atomic mass is 10.1. The third-order valence-electron chi connectivity index (χ3n) is 3.78. The van der Waals surface area contributed by atoms with Crippen LogP contribution in [-0.4, -0.2) is 35.8 Å². The van der Waals surface area contributed by atoms with Crippen molar-refractivity contribution in [1.29, 1.82) is 0 Å². The minimum absolute atomic E-state index is 0.296. The molecule has 0 aliphatic carbocycles. The molecule has 2 heterocycles. The fourth-order valence-electron chi connectivity index (χ4n) is 2.58. The van der Waals surface area contributed by atoms with Crippen molar-refractivity contribution in [3.8, 4) is 0 Å². The highest BCUT2D eigenvalue weighted by Gasteiger charge is 2.15. The van der Waals surface area contributed by atoms with Crippen LogP contribution in [0.4, 0.5) is 11.8 Å². The summed E-state index contributed by atoms with van der Waals surface area (Å²) >= 11 is 5.99. The molecule has 1 unspecified atom stereocenters. The van der Waals surface area contributed by atoms with Gasteiger partial charge < -0.3 is 15.4 Å². The highest BCUT2D eigenvalue weighted by molar-refractivity contribution is 6.30. The molecule has 0 radical (unpaired) electrons. The molecular formula is C17H21ClN4O. The van der Waals surface area contributed by atoms with Gasteiger partial charge in [-0.25, -0.2) is 4.98 Å². The molecule has 122 valence electrons. The first-order valence-corrected chi connectivity index (χ1v) is 8.34. The van der Waals surface area contributed by atoms with Crippen LogP contribution < -0.4 is 10.6 Å². The average molecular weight is 333 g/mol. The van der Waals surface area contributed by atoms with Crippen molar-refractivity contribution in [3.05, 3.63) is 47.1 Å². The largest absolute Gasteiger partial charge is 0.376 e. The maximum atomic E-state index is 5.99. The van der Waals surface area contributed by atoms with Crippen LogP contribution in [0.1, 0.15) is 18.4 Å². The molecule has 3 rings (SSSR count). The molecule has 1 aromatic heterocycles. The summed E-state index contributed by atoms with van der Waals surface area (Å²) in [5.41, 5.74) is 1.19. The van der Waals surface area contributed by atoms with Crippen LogP contribution in [0.2, 0.25) is 5.02 Å². The molecular weight excluding hydrogens is 312 g/mol. The van der Waals surface area contributed by atoms with E-state index >= 15 is 0 Å². The molecule has 5 nitrogen and oxygen atoms in total. The number of hydrogen-bond donors (Lipinski definition) is 2. The quantitative estimate of drug-likeness (QED) is 0.814. The summed E-state index contributed by atoms with van der Waals surface area (Å²) in [5, 5.41) is 7.32. The van der Waals surface area contributed by atoms with E-state index in [9.17, 15) is 0 Å². The van der Waals surface area contributed by atoms with E-state index in [1.54, 1.807) is 6.20 Å². The molecule has 1 aliphatic rings. The van der Waals surface area contributed by atoms with Gasteiger partial charge in [-0.15, -0.1) is 0 Å². The Morgan fingerprint density at radius 3 is 3.04 bits per heavy atom. The van der Waals surface area contributed by atoms with Gasteiger partial charge in [0.2, 0.25) is 5.95 Å². The van der Waals surface area contributed by atoms with Gasteiger partial charge >= 0.3 is 0 Å². The number of aromatic nitrogens is 2. The lowest BCUT2D eigenvalue weighted by Crippen LogP contribution is -2.19. The SMILES string of the molecule is Clc1cccc(CCNc2nccc(NCC3CCCO3)n2)c1. The minimum Gasteiger partial charge on any atom is -0.376 e. The summed E-state index contributed by atoms with van der Waals surface area (Å²) < 4.78 is 5.60. The Morgan fingerprint density at radius 1 is 1.26 bits per heavy atom. The number of rotatable bonds is 7. The zero-order valence-corrected chi connectivity index (χ0v) is 13.7. The topological polar surface area (TPSA) is 59.1 Å². The Bertz CT molecular complexity index is 631. The van der Waals surface area contributed by atoms with E-state index in [-0.39, 0.29) is 0 Å². The molecule has 23 heavy (non-hydrogen) atoms. The smallest absolute Gasteiger partial charge is 0.224 e. The van der Waals surface area contributed by atoms with Crippen molar-refractivity contribution in [2.75, 3.05) is 30.3 Å². The number of hydrogen-bond acceptors (Lipinski definition) is 5. The maximum Gasteiger partial charge on any atom is 0.224 e. The zero-order chi connectivity index (χ0) is 15.9. The first-order chi connectivity index (χ1) is 11.3. The fourth-order valence-corrected chi connectivity index (χ4v) is 2.79. The van der Waals surface area contributed by atoms with Crippen LogP contribution in [0.3, 0.4) is 0 Å². The second-order valence-electron chi connectivity index (χ2n) is 5.59. The Hall–Kier alpha value is -1.85. The number of anilines is 2. The summed E-state index contributed by atoms with van der Waals surface area (Å²) in [7, 11) is 0. The van der Waals surface area contributed by atoms with Crippen molar-refractivity contribution in [2.24, 2.45) is 0 Å². The first kappa shape index (κ1) is 16.0. The van der Waals surface area contributed by atoms with E-state index in [0.717, 1.165) is 49.8 Å². The van der Waals surface area contributed by atoms with Gasteiger partial charge in [0.25, 0.3) is 0 Å². The van der Waals surface area contributed by atoms with Crippen LogP contribution in [0.5, 0.6) is 0 Å². The minimum atomic E-state index is 0.296. The van der Waals surface area contributed by atoms with Crippen molar-refractivity contribution < 1.29 is 4.74 Å². The summed E-state index contributed by atoms with van der Waals surface area (Å²) in [6, 6.07) is 9.75. The molecule has 0 spiro atoms. The molecule has 1 saturated heterocycles. The Kier molecular flexibility index (Phi) is 5.66. The summed E-state index contributed by atoms with van der Waals surface area (Å²) in [6.45, 7) is 2.42. The van der Waals surface area contributed by atoms with Gasteiger partial charge in [-0.1, -0.05) is 23.7 Å². The van der Waals surface area contributed by atoms with Crippen molar-refractivity contribution >= 4 is 23.4 Å². The van der Waals surface area contributed by atoms with Gasteiger partial charge in [-0.3, -0.25) is 0 Å². The summed E-state index contributed by atoms with van der Waals surface area (Å²) in [6.07, 6.45) is 5.18. The third kappa shape index (κ3) is 5.08. The average Bonchev–Trinajstić information content (AvgIpc) is 3.07. The van der Waals surface area contributed by atoms with E-state index in [2.05, 4.69) is 26.7 Å². The highest BCUT2D eigenvalue weighted by atomic mass is 35.5. The van der Waals surface area contributed by atoms with Crippen LogP contribution in [-0.2, 0) is 11.2 Å². The van der Waals surface area contributed by atoms with Crippen molar-refractivity contribution in [3.63, 3.8) is 0 Å². The number of nitrogens with one attached hydrogen (secondary N) is 2. The third-order valence-corrected chi connectivity index (χ3v) is 4.01. The Labute approximate surface area is 141 Å². The van der Waals surface area contributed by atoms with Gasteiger partial charge in [0.05, 0.1) is 6.10 Å². The van der Waals surface area contributed by atoms with E-state index in [0.29, 0.717) is 12.1 Å². The molecule has 2 aromatic rings. The molecule has 0 saturated carbocycles.